The van der Waals surface area contributed by atoms with Gasteiger partial charge in [-0.05, 0) is 36.8 Å². The van der Waals surface area contributed by atoms with E-state index in [0.29, 0.717) is 34.9 Å². The summed E-state index contributed by atoms with van der Waals surface area (Å²) in [6, 6.07) is 11.9. The minimum Gasteiger partial charge on any atom is -0.493 e. The van der Waals surface area contributed by atoms with Gasteiger partial charge in [-0.3, -0.25) is 9.59 Å². The number of para-hydroxylation sites is 1. The third-order valence-corrected chi connectivity index (χ3v) is 3.99. The first-order valence-electron chi connectivity index (χ1n) is 8.90. The molecule has 0 atom stereocenters. The van der Waals surface area contributed by atoms with E-state index in [0.717, 1.165) is 12.8 Å². The van der Waals surface area contributed by atoms with Gasteiger partial charge in [-0.15, -0.1) is 0 Å². The second-order valence-corrected chi connectivity index (χ2v) is 6.27. The number of methoxy groups -OCH3 is 1. The fraction of sp³-hybridized carbons (Fsp3) is 0.333. The van der Waals surface area contributed by atoms with Crippen molar-refractivity contribution >= 4 is 17.5 Å². The van der Waals surface area contributed by atoms with Crippen LogP contribution in [0.3, 0.4) is 0 Å². The SMILES string of the molecule is CCCCOc1ccc(C(=O)Nc2ccccc2C(=O)N(C)C)cc1OC. The van der Waals surface area contributed by atoms with Crippen molar-refractivity contribution in [3.05, 3.63) is 53.6 Å². The molecule has 0 aliphatic heterocycles. The third-order valence-electron chi connectivity index (χ3n) is 3.99. The van der Waals surface area contributed by atoms with Gasteiger partial charge in [-0.2, -0.15) is 0 Å². The quantitative estimate of drug-likeness (QED) is 0.717. The number of carbonyl (C=O) groups excluding carboxylic acids is 2. The molecule has 27 heavy (non-hydrogen) atoms. The number of carbonyl (C=O) groups is 2. The van der Waals surface area contributed by atoms with Crippen molar-refractivity contribution in [2.75, 3.05) is 33.1 Å². The summed E-state index contributed by atoms with van der Waals surface area (Å²) in [5.74, 6) is 0.595. The van der Waals surface area contributed by atoms with E-state index in [9.17, 15) is 9.59 Å². The van der Waals surface area contributed by atoms with Crippen LogP contribution in [-0.2, 0) is 0 Å². The number of nitrogens with one attached hydrogen (secondary N) is 1. The molecule has 2 rings (SSSR count). The van der Waals surface area contributed by atoms with E-state index in [-0.39, 0.29) is 11.8 Å². The van der Waals surface area contributed by atoms with Crippen molar-refractivity contribution in [1.29, 1.82) is 0 Å². The maximum Gasteiger partial charge on any atom is 0.255 e. The van der Waals surface area contributed by atoms with Crippen LogP contribution in [-0.4, -0.2) is 44.5 Å². The molecule has 0 aliphatic carbocycles. The smallest absolute Gasteiger partial charge is 0.255 e. The van der Waals surface area contributed by atoms with Crippen molar-refractivity contribution in [3.8, 4) is 11.5 Å². The van der Waals surface area contributed by atoms with Crippen molar-refractivity contribution in [2.45, 2.75) is 19.8 Å². The Balaban J connectivity index is 2.20. The van der Waals surface area contributed by atoms with Gasteiger partial charge in [0.05, 0.1) is 25.0 Å². The molecular formula is C21H26N2O4. The molecule has 144 valence electrons. The molecule has 6 heteroatoms. The van der Waals surface area contributed by atoms with Crippen LogP contribution in [0.2, 0.25) is 0 Å². The number of anilines is 1. The van der Waals surface area contributed by atoms with E-state index in [4.69, 9.17) is 9.47 Å². The number of ether oxygens (including phenoxy) is 2. The molecule has 1 N–H and O–H groups in total. The summed E-state index contributed by atoms with van der Waals surface area (Å²) in [7, 11) is 4.88. The molecule has 0 fully saturated rings. The molecule has 0 radical (unpaired) electrons. The lowest BCUT2D eigenvalue weighted by molar-refractivity contribution is 0.0828. The molecule has 0 aromatic heterocycles. The van der Waals surface area contributed by atoms with Gasteiger partial charge in [0, 0.05) is 19.7 Å². The Labute approximate surface area is 160 Å². The molecule has 0 saturated carbocycles. The average molecular weight is 370 g/mol. The molecule has 6 nitrogen and oxygen atoms in total. The van der Waals surface area contributed by atoms with Gasteiger partial charge in [0.1, 0.15) is 0 Å². The molecule has 2 aromatic carbocycles. The van der Waals surface area contributed by atoms with E-state index in [2.05, 4.69) is 12.2 Å². The van der Waals surface area contributed by atoms with Crippen LogP contribution in [0.25, 0.3) is 0 Å². The Bertz CT molecular complexity index is 803. The van der Waals surface area contributed by atoms with Crippen LogP contribution < -0.4 is 14.8 Å². The predicted octanol–water partition coefficient (Wildman–Crippen LogP) is 3.83. The van der Waals surface area contributed by atoms with Crippen molar-refractivity contribution in [3.63, 3.8) is 0 Å². The van der Waals surface area contributed by atoms with Gasteiger partial charge in [0.15, 0.2) is 11.5 Å². The van der Waals surface area contributed by atoms with Crippen LogP contribution in [0.5, 0.6) is 11.5 Å². The lowest BCUT2D eigenvalue weighted by Gasteiger charge is -2.15. The molecular weight excluding hydrogens is 344 g/mol. The summed E-state index contributed by atoms with van der Waals surface area (Å²) in [6.45, 7) is 2.69. The number of nitrogens with zero attached hydrogens (tertiary/aromatic N) is 1. The number of unbranched alkanes of at least 4 members (excludes halogenated alkanes) is 1. The molecule has 0 saturated heterocycles. The van der Waals surface area contributed by atoms with Crippen LogP contribution in [0.4, 0.5) is 5.69 Å². The number of amides is 2. The van der Waals surface area contributed by atoms with Gasteiger partial charge in [-0.1, -0.05) is 25.5 Å². The first kappa shape index (κ1) is 20.3. The average Bonchev–Trinajstić information content (AvgIpc) is 2.68. The second-order valence-electron chi connectivity index (χ2n) is 6.27. The maximum absolute atomic E-state index is 12.7. The van der Waals surface area contributed by atoms with Crippen LogP contribution >= 0.6 is 0 Å². The Hall–Kier alpha value is -3.02. The third kappa shape index (κ3) is 5.23. The summed E-state index contributed by atoms with van der Waals surface area (Å²) in [5, 5.41) is 2.80. The lowest BCUT2D eigenvalue weighted by atomic mass is 10.1. The Kier molecular flexibility index (Phi) is 7.23. The minimum atomic E-state index is -0.326. The number of hydrogen-bond acceptors (Lipinski definition) is 4. The van der Waals surface area contributed by atoms with Crippen molar-refractivity contribution in [1.82, 2.24) is 4.90 Å². The van der Waals surface area contributed by atoms with E-state index < -0.39 is 0 Å². The molecule has 2 amide bonds. The zero-order valence-electron chi connectivity index (χ0n) is 16.2. The van der Waals surface area contributed by atoms with Gasteiger partial charge in [-0.25, -0.2) is 0 Å². The van der Waals surface area contributed by atoms with Crippen LogP contribution in [0.1, 0.15) is 40.5 Å². The molecule has 2 aromatic rings. The highest BCUT2D eigenvalue weighted by Gasteiger charge is 2.16. The Morgan fingerprint density at radius 1 is 1.07 bits per heavy atom. The highest BCUT2D eigenvalue weighted by Crippen LogP contribution is 2.29. The summed E-state index contributed by atoms with van der Waals surface area (Å²) in [6.07, 6.45) is 1.98. The van der Waals surface area contributed by atoms with Crippen LogP contribution in [0.15, 0.2) is 42.5 Å². The summed E-state index contributed by atoms with van der Waals surface area (Å²) >= 11 is 0. The predicted molar refractivity (Wildman–Crippen MR) is 106 cm³/mol. The first-order chi connectivity index (χ1) is 13.0. The topological polar surface area (TPSA) is 67.9 Å². The highest BCUT2D eigenvalue weighted by atomic mass is 16.5. The van der Waals surface area contributed by atoms with E-state index in [1.165, 1.54) is 12.0 Å². The highest BCUT2D eigenvalue weighted by molar-refractivity contribution is 6.09. The molecule has 0 unspecified atom stereocenters. The lowest BCUT2D eigenvalue weighted by Crippen LogP contribution is -2.24. The summed E-state index contributed by atoms with van der Waals surface area (Å²) < 4.78 is 11.0. The molecule has 0 heterocycles. The number of benzene rings is 2. The largest absolute Gasteiger partial charge is 0.493 e. The van der Waals surface area contributed by atoms with E-state index in [1.54, 1.807) is 56.6 Å². The zero-order valence-corrected chi connectivity index (χ0v) is 16.2. The summed E-state index contributed by atoms with van der Waals surface area (Å²) in [4.78, 5) is 26.4. The fourth-order valence-corrected chi connectivity index (χ4v) is 2.47. The van der Waals surface area contributed by atoms with Crippen LogP contribution in [0, 0.1) is 0 Å². The van der Waals surface area contributed by atoms with Gasteiger partial charge >= 0.3 is 0 Å². The molecule has 0 bridgehead atoms. The monoisotopic (exact) mass is 370 g/mol. The number of rotatable bonds is 8. The fourth-order valence-electron chi connectivity index (χ4n) is 2.47. The molecule has 0 spiro atoms. The zero-order chi connectivity index (χ0) is 19.8. The van der Waals surface area contributed by atoms with Crippen molar-refractivity contribution < 1.29 is 19.1 Å². The summed E-state index contributed by atoms with van der Waals surface area (Å²) in [5.41, 5.74) is 1.31. The number of hydrogen-bond donors (Lipinski definition) is 1. The molecule has 0 aliphatic rings. The normalized spacial score (nSPS) is 10.2. The van der Waals surface area contributed by atoms with E-state index >= 15 is 0 Å². The van der Waals surface area contributed by atoms with Gasteiger partial charge in [0.25, 0.3) is 11.8 Å². The standard InChI is InChI=1S/C21H26N2O4/c1-5-6-13-27-18-12-11-15(14-19(18)26-4)20(24)22-17-10-8-7-9-16(17)21(25)23(2)3/h7-12,14H,5-6,13H2,1-4H3,(H,22,24). The maximum atomic E-state index is 12.7. The van der Waals surface area contributed by atoms with Gasteiger partial charge < -0.3 is 19.7 Å². The van der Waals surface area contributed by atoms with E-state index in [1.807, 2.05) is 0 Å². The van der Waals surface area contributed by atoms with Gasteiger partial charge in [0.2, 0.25) is 0 Å². The second kappa shape index (κ2) is 9.62. The Morgan fingerprint density at radius 3 is 2.48 bits per heavy atom. The van der Waals surface area contributed by atoms with Crippen molar-refractivity contribution in [2.24, 2.45) is 0 Å². The first-order valence-corrected chi connectivity index (χ1v) is 8.90. The minimum absolute atomic E-state index is 0.178. The Morgan fingerprint density at radius 2 is 1.81 bits per heavy atom.